The lowest BCUT2D eigenvalue weighted by Crippen LogP contribution is -2.39. The Balaban J connectivity index is 1.56. The Labute approximate surface area is 121 Å². The van der Waals surface area contributed by atoms with Gasteiger partial charge in [-0.05, 0) is 56.3 Å². The van der Waals surface area contributed by atoms with Crippen molar-refractivity contribution in [1.82, 2.24) is 10.0 Å². The van der Waals surface area contributed by atoms with Crippen LogP contribution in [-0.2, 0) is 16.4 Å². The van der Waals surface area contributed by atoms with Crippen LogP contribution in [0, 0.1) is 0 Å². The van der Waals surface area contributed by atoms with Crippen molar-refractivity contribution in [2.24, 2.45) is 0 Å². The van der Waals surface area contributed by atoms with Gasteiger partial charge in [0.2, 0.25) is 10.0 Å². The van der Waals surface area contributed by atoms with Crippen LogP contribution >= 0.6 is 0 Å². The van der Waals surface area contributed by atoms with E-state index in [1.165, 1.54) is 18.4 Å². The molecule has 0 aliphatic heterocycles. The number of sulfonamides is 1. The van der Waals surface area contributed by atoms with E-state index in [2.05, 4.69) is 10.0 Å². The molecule has 20 heavy (non-hydrogen) atoms. The molecule has 1 aromatic rings. The van der Waals surface area contributed by atoms with Gasteiger partial charge in [-0.1, -0.05) is 18.6 Å². The van der Waals surface area contributed by atoms with Crippen molar-refractivity contribution in [2.75, 3.05) is 6.54 Å². The first-order valence-corrected chi connectivity index (χ1v) is 8.96. The fourth-order valence-electron chi connectivity index (χ4n) is 2.36. The highest BCUT2D eigenvalue weighted by atomic mass is 32.2. The molecule has 2 N–H and O–H groups in total. The first-order valence-electron chi connectivity index (χ1n) is 7.48. The monoisotopic (exact) mass is 294 g/mol. The predicted molar refractivity (Wildman–Crippen MR) is 79.1 cm³/mol. The zero-order chi connectivity index (χ0) is 14.0. The molecule has 2 aliphatic carbocycles. The Bertz CT molecular complexity index is 546. The van der Waals surface area contributed by atoms with Crippen LogP contribution in [0.2, 0.25) is 0 Å². The van der Waals surface area contributed by atoms with E-state index in [4.69, 9.17) is 0 Å². The SMILES string of the molecule is O=S(=O)(NC1CCC1)c1ccc(CCNC2CC2)cc1. The third kappa shape index (κ3) is 3.59. The van der Waals surface area contributed by atoms with E-state index in [1.54, 1.807) is 12.1 Å². The molecule has 1 aromatic carbocycles. The van der Waals surface area contributed by atoms with Gasteiger partial charge < -0.3 is 5.32 Å². The van der Waals surface area contributed by atoms with Crippen molar-refractivity contribution in [2.45, 2.75) is 55.5 Å². The first kappa shape index (κ1) is 14.0. The molecule has 0 atom stereocenters. The molecule has 0 saturated heterocycles. The first-order chi connectivity index (χ1) is 9.63. The van der Waals surface area contributed by atoms with Crippen LogP contribution in [0.4, 0.5) is 0 Å². The van der Waals surface area contributed by atoms with E-state index in [-0.39, 0.29) is 6.04 Å². The number of hydrogen-bond acceptors (Lipinski definition) is 3. The molecule has 0 aromatic heterocycles. The summed E-state index contributed by atoms with van der Waals surface area (Å²) in [6, 6.07) is 8.14. The van der Waals surface area contributed by atoms with Gasteiger partial charge in [-0.25, -0.2) is 13.1 Å². The maximum atomic E-state index is 12.1. The van der Waals surface area contributed by atoms with Crippen molar-refractivity contribution >= 4 is 10.0 Å². The lowest BCUT2D eigenvalue weighted by atomic mass is 9.94. The largest absolute Gasteiger partial charge is 0.314 e. The van der Waals surface area contributed by atoms with Gasteiger partial charge >= 0.3 is 0 Å². The van der Waals surface area contributed by atoms with Gasteiger partial charge in [0.05, 0.1) is 4.90 Å². The Morgan fingerprint density at radius 1 is 1.00 bits per heavy atom. The van der Waals surface area contributed by atoms with Gasteiger partial charge in [0.1, 0.15) is 0 Å². The summed E-state index contributed by atoms with van der Waals surface area (Å²) in [5, 5.41) is 3.46. The van der Waals surface area contributed by atoms with Crippen molar-refractivity contribution in [3.8, 4) is 0 Å². The molecule has 0 unspecified atom stereocenters. The van der Waals surface area contributed by atoms with Gasteiger partial charge in [-0.3, -0.25) is 0 Å². The highest BCUT2D eigenvalue weighted by Gasteiger charge is 2.24. The van der Waals surface area contributed by atoms with Crippen molar-refractivity contribution in [1.29, 1.82) is 0 Å². The minimum Gasteiger partial charge on any atom is -0.314 e. The van der Waals surface area contributed by atoms with Gasteiger partial charge in [0, 0.05) is 12.1 Å². The molecule has 5 heteroatoms. The second-order valence-electron chi connectivity index (χ2n) is 5.87. The van der Waals surface area contributed by atoms with Crippen LogP contribution in [0.1, 0.15) is 37.7 Å². The second kappa shape index (κ2) is 5.84. The maximum absolute atomic E-state index is 12.1. The van der Waals surface area contributed by atoms with E-state index in [9.17, 15) is 8.42 Å². The smallest absolute Gasteiger partial charge is 0.240 e. The average molecular weight is 294 g/mol. The van der Waals surface area contributed by atoms with Crippen molar-refractivity contribution in [3.63, 3.8) is 0 Å². The molecule has 3 rings (SSSR count). The van der Waals surface area contributed by atoms with Crippen molar-refractivity contribution in [3.05, 3.63) is 29.8 Å². The molecule has 0 radical (unpaired) electrons. The summed E-state index contributed by atoms with van der Waals surface area (Å²) in [4.78, 5) is 0.378. The van der Waals surface area contributed by atoms with Crippen LogP contribution in [0.5, 0.6) is 0 Å². The van der Waals surface area contributed by atoms with Crippen LogP contribution < -0.4 is 10.0 Å². The Morgan fingerprint density at radius 3 is 2.25 bits per heavy atom. The van der Waals surface area contributed by atoms with E-state index < -0.39 is 10.0 Å². The van der Waals surface area contributed by atoms with Gasteiger partial charge in [-0.15, -0.1) is 0 Å². The summed E-state index contributed by atoms with van der Waals surface area (Å²) in [6.45, 7) is 0.969. The standard InChI is InChI=1S/C15H22N2O2S/c18-20(19,17-14-2-1-3-14)15-8-4-12(5-9-15)10-11-16-13-6-7-13/h4-5,8-9,13-14,16-17H,1-3,6-7,10-11H2. The van der Waals surface area contributed by atoms with Gasteiger partial charge in [-0.2, -0.15) is 0 Å². The highest BCUT2D eigenvalue weighted by Crippen LogP contribution is 2.21. The maximum Gasteiger partial charge on any atom is 0.240 e. The summed E-state index contributed by atoms with van der Waals surface area (Å²) in [5.74, 6) is 0. The molecule has 2 fully saturated rings. The fourth-order valence-corrected chi connectivity index (χ4v) is 3.66. The van der Waals surface area contributed by atoms with Crippen molar-refractivity contribution < 1.29 is 8.42 Å². The van der Waals surface area contributed by atoms with E-state index in [1.807, 2.05) is 12.1 Å². The number of nitrogens with one attached hydrogen (secondary N) is 2. The summed E-state index contributed by atoms with van der Waals surface area (Å²) < 4.78 is 27.0. The Kier molecular flexibility index (Phi) is 4.10. The summed E-state index contributed by atoms with van der Waals surface area (Å²) >= 11 is 0. The van der Waals surface area contributed by atoms with Crippen LogP contribution in [-0.4, -0.2) is 27.0 Å². The summed E-state index contributed by atoms with van der Waals surface area (Å²) in [5.41, 5.74) is 1.18. The molecule has 4 nitrogen and oxygen atoms in total. The molecule has 0 bridgehead atoms. The Morgan fingerprint density at radius 2 is 1.70 bits per heavy atom. The topological polar surface area (TPSA) is 58.2 Å². The summed E-state index contributed by atoms with van der Waals surface area (Å²) in [6.07, 6.45) is 6.59. The van der Waals surface area contributed by atoms with Crippen LogP contribution in [0.15, 0.2) is 29.2 Å². The number of hydrogen-bond donors (Lipinski definition) is 2. The molecule has 0 spiro atoms. The molecular weight excluding hydrogens is 272 g/mol. The summed E-state index contributed by atoms with van der Waals surface area (Å²) in [7, 11) is -3.33. The minimum atomic E-state index is -3.33. The van der Waals surface area contributed by atoms with Crippen LogP contribution in [0.25, 0.3) is 0 Å². The van der Waals surface area contributed by atoms with E-state index in [0.717, 1.165) is 38.3 Å². The van der Waals surface area contributed by atoms with Gasteiger partial charge in [0.25, 0.3) is 0 Å². The lowest BCUT2D eigenvalue weighted by molar-refractivity contribution is 0.383. The molecule has 0 heterocycles. The minimum absolute atomic E-state index is 0.141. The Hall–Kier alpha value is -0.910. The molecule has 2 saturated carbocycles. The number of benzene rings is 1. The normalized spacial score (nSPS) is 19.8. The third-order valence-corrected chi connectivity index (χ3v) is 5.62. The third-order valence-electron chi connectivity index (χ3n) is 4.08. The molecule has 0 amide bonds. The molecular formula is C15H22N2O2S. The molecule has 2 aliphatic rings. The fraction of sp³-hybridized carbons (Fsp3) is 0.600. The lowest BCUT2D eigenvalue weighted by Gasteiger charge is -2.26. The average Bonchev–Trinajstić information content (AvgIpc) is 3.19. The zero-order valence-corrected chi connectivity index (χ0v) is 12.5. The second-order valence-corrected chi connectivity index (χ2v) is 7.59. The van der Waals surface area contributed by atoms with Crippen LogP contribution in [0.3, 0.4) is 0 Å². The predicted octanol–water partition coefficient (Wildman–Crippen LogP) is 1.81. The highest BCUT2D eigenvalue weighted by molar-refractivity contribution is 7.89. The van der Waals surface area contributed by atoms with E-state index >= 15 is 0 Å². The quantitative estimate of drug-likeness (QED) is 0.806. The zero-order valence-electron chi connectivity index (χ0n) is 11.6. The van der Waals surface area contributed by atoms with Gasteiger partial charge in [0.15, 0.2) is 0 Å². The number of rotatable bonds is 7. The molecule has 110 valence electrons. The van der Waals surface area contributed by atoms with E-state index in [0.29, 0.717) is 4.90 Å².